The Morgan fingerprint density at radius 1 is 0.561 bits per heavy atom. The van der Waals surface area contributed by atoms with Crippen LogP contribution in [0.5, 0.6) is 0 Å². The third-order valence-electron chi connectivity index (χ3n) is 10.8. The molecule has 2 aromatic carbocycles. The van der Waals surface area contributed by atoms with Crippen molar-refractivity contribution in [2.75, 3.05) is 0 Å². The average molecular weight is 661 g/mol. The zero-order valence-electron chi connectivity index (χ0n) is 24.9. The quantitative estimate of drug-likeness (QED) is 0.352. The van der Waals surface area contributed by atoms with E-state index in [-0.39, 0.29) is 41.9 Å². The molecule has 3 heteroatoms. The summed E-state index contributed by atoms with van der Waals surface area (Å²) in [7, 11) is 0. The predicted octanol–water partition coefficient (Wildman–Crippen LogP) is 4.54. The fourth-order valence-corrected chi connectivity index (χ4v) is 15.8. The third kappa shape index (κ3) is 4.84. The van der Waals surface area contributed by atoms with E-state index < -0.39 is 23.2 Å². The van der Waals surface area contributed by atoms with Crippen LogP contribution in [0.4, 0.5) is 0 Å². The maximum Gasteiger partial charge on any atom is -1.00 e. The molecule has 0 aliphatic heterocycles. The van der Waals surface area contributed by atoms with Gasteiger partial charge in [0.15, 0.2) is 0 Å². The van der Waals surface area contributed by atoms with Crippen molar-refractivity contribution in [3.8, 4) is 0 Å². The van der Waals surface area contributed by atoms with Gasteiger partial charge in [0, 0.05) is 0 Å². The van der Waals surface area contributed by atoms with Crippen LogP contribution in [-0.4, -0.2) is 0 Å². The molecule has 0 N–H and O–H groups in total. The van der Waals surface area contributed by atoms with E-state index in [1.54, 1.807) is 11.1 Å². The summed E-state index contributed by atoms with van der Waals surface area (Å²) in [6.07, 6.45) is 32.2. The van der Waals surface area contributed by atoms with Crippen LogP contribution >= 0.6 is 0 Å². The summed E-state index contributed by atoms with van der Waals surface area (Å²) in [6.45, 7) is 9.85. The fraction of sp³-hybridized carbons (Fsp3) is 0.368. The number of fused-ring (bicyclic) bond motifs is 2. The summed E-state index contributed by atoms with van der Waals surface area (Å²) in [5.74, 6) is 0. The first-order valence-electron chi connectivity index (χ1n) is 15.1. The van der Waals surface area contributed by atoms with Gasteiger partial charge in [-0.3, -0.25) is 0 Å². The summed E-state index contributed by atoms with van der Waals surface area (Å²) in [5, 5.41) is 0. The van der Waals surface area contributed by atoms with Crippen LogP contribution < -0.4 is 24.8 Å². The zero-order valence-corrected chi connectivity index (χ0v) is 28.9. The number of hydrogen-bond acceptors (Lipinski definition) is 0. The Bertz CT molecular complexity index is 1310. The molecule has 0 atom stereocenters. The number of hydrogen-bond donors (Lipinski definition) is 0. The largest absolute Gasteiger partial charge is 1.00 e. The second-order valence-corrected chi connectivity index (χ2v) is 16.7. The molecule has 0 aromatic heterocycles. The normalized spacial score (nSPS) is 18.7. The minimum Gasteiger partial charge on any atom is -1.00 e. The van der Waals surface area contributed by atoms with E-state index in [2.05, 4.69) is 137 Å². The Labute approximate surface area is 272 Å². The van der Waals surface area contributed by atoms with Crippen molar-refractivity contribution in [1.29, 1.82) is 0 Å². The van der Waals surface area contributed by atoms with Gasteiger partial charge >= 0.3 is 249 Å². The number of allylic oxidation sites excluding steroid dienone is 10. The Hall–Kier alpha value is -1.66. The van der Waals surface area contributed by atoms with Crippen molar-refractivity contribution in [2.45, 2.75) is 72.5 Å². The number of halogens is 2. The fourth-order valence-electron chi connectivity index (χ4n) is 8.61. The Kier molecular flexibility index (Phi) is 9.85. The van der Waals surface area contributed by atoms with Gasteiger partial charge in [0.2, 0.25) is 0 Å². The van der Waals surface area contributed by atoms with Crippen LogP contribution in [-0.2, 0) is 36.1 Å². The van der Waals surface area contributed by atoms with Crippen molar-refractivity contribution >= 4 is 12.2 Å². The maximum atomic E-state index is 2.66. The summed E-state index contributed by atoms with van der Waals surface area (Å²) < 4.78 is 0.267. The molecule has 0 amide bonds. The van der Waals surface area contributed by atoms with E-state index in [1.165, 1.54) is 47.9 Å². The van der Waals surface area contributed by atoms with E-state index in [4.69, 9.17) is 0 Å². The first-order valence-corrected chi connectivity index (χ1v) is 17.6. The number of rotatable bonds is 10. The van der Waals surface area contributed by atoms with Gasteiger partial charge in [-0.15, -0.1) is 0 Å². The predicted molar refractivity (Wildman–Crippen MR) is 164 cm³/mol. The van der Waals surface area contributed by atoms with Gasteiger partial charge in [-0.1, -0.05) is 0 Å². The molecule has 0 fully saturated rings. The molecule has 6 rings (SSSR count). The zero-order chi connectivity index (χ0) is 27.1. The van der Waals surface area contributed by atoms with Crippen LogP contribution in [0.2, 0.25) is 6.25 Å². The van der Waals surface area contributed by atoms with Gasteiger partial charge in [0.05, 0.1) is 0 Å². The molecule has 0 saturated heterocycles. The molecule has 0 saturated carbocycles. The minimum atomic E-state index is -1.19. The molecule has 0 bridgehead atoms. The molecule has 2 aromatic rings. The molecule has 4 aliphatic carbocycles. The molecule has 0 spiro atoms. The maximum absolute atomic E-state index is 2.66. The van der Waals surface area contributed by atoms with Crippen molar-refractivity contribution in [3.63, 3.8) is 0 Å². The van der Waals surface area contributed by atoms with Gasteiger partial charge in [-0.05, 0) is 0 Å². The van der Waals surface area contributed by atoms with Crippen LogP contribution in [0.15, 0.2) is 108 Å². The molecule has 4 aliphatic rings. The van der Waals surface area contributed by atoms with Crippen molar-refractivity contribution in [3.05, 3.63) is 131 Å². The third-order valence-corrected chi connectivity index (χ3v) is 16.9. The summed E-state index contributed by atoms with van der Waals surface area (Å²) >= 11 is -1.19. The van der Waals surface area contributed by atoms with E-state index >= 15 is 0 Å². The smallest absolute Gasteiger partial charge is 1.00 e. The molecule has 0 radical (unpaired) electrons. The first-order chi connectivity index (χ1) is 19.0. The Morgan fingerprint density at radius 3 is 1.22 bits per heavy atom. The van der Waals surface area contributed by atoms with Crippen LogP contribution in [0, 0.1) is 10.8 Å². The molecule has 0 nitrogen and oxygen atoms in total. The molecular weight excluding hydrogens is 619 g/mol. The molecule has 0 unspecified atom stereocenters. The van der Waals surface area contributed by atoms with Gasteiger partial charge in [-0.2, -0.15) is 0 Å². The first kappa shape index (κ1) is 32.3. The van der Waals surface area contributed by atoms with E-state index in [0.29, 0.717) is 0 Å². The van der Waals surface area contributed by atoms with Gasteiger partial charge in [0.1, 0.15) is 0 Å². The molecular formula is C38H42Cl2Zr. The van der Waals surface area contributed by atoms with Crippen molar-refractivity contribution in [2.24, 2.45) is 10.8 Å². The SMILES string of the molecule is CCC(CC)(C1=Cc2ccccc2C1)[C]1([Zr+2][C]2(C(CC)(CC)C3=Cc4ccccc4C3)C=CC=C2)C=CC=C1.[Cl-].[Cl-]. The Balaban J connectivity index is 0.00000194. The standard InChI is InChI=1S/2C19H21.2ClH.Zr/c2*1-3-19(4-2,17-11-7-8-12-17)18-13-15-9-5-6-10-16(15)14-18;;;/h2*5-13H,3-4,14H2,1-2H3;2*1H;/q;;;;+2/p-2. The van der Waals surface area contributed by atoms with E-state index in [9.17, 15) is 0 Å². The summed E-state index contributed by atoms with van der Waals surface area (Å²) in [6, 6.07) is 18.1. The number of benzene rings is 2. The van der Waals surface area contributed by atoms with Crippen molar-refractivity contribution in [1.82, 2.24) is 0 Å². The molecule has 0 heterocycles. The van der Waals surface area contributed by atoms with Crippen LogP contribution in [0.1, 0.15) is 75.6 Å². The van der Waals surface area contributed by atoms with E-state index in [0.717, 1.165) is 12.8 Å². The van der Waals surface area contributed by atoms with Crippen LogP contribution in [0.25, 0.3) is 12.2 Å². The molecule has 41 heavy (non-hydrogen) atoms. The van der Waals surface area contributed by atoms with E-state index in [1.807, 2.05) is 0 Å². The second kappa shape index (κ2) is 12.5. The average Bonchev–Trinajstić information content (AvgIpc) is 3.78. The summed E-state index contributed by atoms with van der Waals surface area (Å²) in [5.41, 5.74) is 9.52. The second-order valence-electron chi connectivity index (χ2n) is 12.0. The van der Waals surface area contributed by atoms with Crippen LogP contribution in [0.3, 0.4) is 0 Å². The molecule has 212 valence electrons. The minimum absolute atomic E-state index is 0. The van der Waals surface area contributed by atoms with Gasteiger partial charge < -0.3 is 24.8 Å². The van der Waals surface area contributed by atoms with Gasteiger partial charge in [0.25, 0.3) is 0 Å². The van der Waals surface area contributed by atoms with Gasteiger partial charge in [-0.25, -0.2) is 0 Å². The monoisotopic (exact) mass is 658 g/mol. The Morgan fingerprint density at radius 2 is 0.902 bits per heavy atom. The van der Waals surface area contributed by atoms with Crippen molar-refractivity contribution < 1.29 is 48.0 Å². The summed E-state index contributed by atoms with van der Waals surface area (Å²) in [4.78, 5) is 0. The topological polar surface area (TPSA) is 0 Å².